The maximum absolute atomic E-state index is 5.59. The molecule has 4 nitrogen and oxygen atoms in total. The van der Waals surface area contributed by atoms with Crippen molar-refractivity contribution >= 4 is 17.3 Å². The molecule has 5 heteroatoms. The van der Waals surface area contributed by atoms with Crippen molar-refractivity contribution in [2.75, 3.05) is 33.3 Å². The number of ether oxygens (including phenoxy) is 1. The Morgan fingerprint density at radius 1 is 1.17 bits per heavy atom. The standard InChI is InChI=1S/C18H27N3OS/c1-22-17-7-3-2-6-15(17)14-19-18(23)21-12-8-16(9-13-21)20-10-4-5-11-20/h2-3,6-7,16H,4-5,8-14H2,1H3,(H,19,23). The number of hydrogen-bond acceptors (Lipinski definition) is 3. The molecular formula is C18H27N3OS. The number of methoxy groups -OCH3 is 1. The average molecular weight is 334 g/mol. The quantitative estimate of drug-likeness (QED) is 0.855. The van der Waals surface area contributed by atoms with Gasteiger partial charge in [0.25, 0.3) is 0 Å². The van der Waals surface area contributed by atoms with Crippen molar-refractivity contribution in [3.05, 3.63) is 29.8 Å². The van der Waals surface area contributed by atoms with Gasteiger partial charge in [-0.2, -0.15) is 0 Å². The Kier molecular flexibility index (Phi) is 5.73. The van der Waals surface area contributed by atoms with E-state index >= 15 is 0 Å². The summed E-state index contributed by atoms with van der Waals surface area (Å²) in [5.41, 5.74) is 1.14. The van der Waals surface area contributed by atoms with Gasteiger partial charge in [-0.3, -0.25) is 0 Å². The van der Waals surface area contributed by atoms with Crippen LogP contribution in [0.25, 0.3) is 0 Å². The largest absolute Gasteiger partial charge is 0.496 e. The minimum atomic E-state index is 0.717. The Balaban J connectivity index is 1.46. The smallest absolute Gasteiger partial charge is 0.169 e. The van der Waals surface area contributed by atoms with Crippen LogP contribution < -0.4 is 10.1 Å². The van der Waals surface area contributed by atoms with E-state index < -0.39 is 0 Å². The normalized spacial score (nSPS) is 19.8. The van der Waals surface area contributed by atoms with E-state index in [0.29, 0.717) is 0 Å². The van der Waals surface area contributed by atoms with Gasteiger partial charge in [0.1, 0.15) is 5.75 Å². The Bertz CT molecular complexity index is 523. The molecule has 1 N–H and O–H groups in total. The Labute approximate surface area is 144 Å². The van der Waals surface area contributed by atoms with Gasteiger partial charge >= 0.3 is 0 Å². The highest BCUT2D eigenvalue weighted by atomic mass is 32.1. The molecule has 126 valence electrons. The van der Waals surface area contributed by atoms with Gasteiger partial charge in [-0.05, 0) is 57.1 Å². The van der Waals surface area contributed by atoms with Crippen molar-refractivity contribution in [3.8, 4) is 5.75 Å². The van der Waals surface area contributed by atoms with Crippen LogP contribution in [0.5, 0.6) is 5.75 Å². The molecule has 23 heavy (non-hydrogen) atoms. The van der Waals surface area contributed by atoms with E-state index in [1.165, 1.54) is 38.8 Å². The topological polar surface area (TPSA) is 27.7 Å². The molecule has 0 amide bonds. The fourth-order valence-corrected chi connectivity index (χ4v) is 3.93. The highest BCUT2D eigenvalue weighted by Crippen LogP contribution is 2.21. The predicted octanol–water partition coefficient (Wildman–Crippen LogP) is 2.63. The van der Waals surface area contributed by atoms with Crippen molar-refractivity contribution < 1.29 is 4.74 Å². The first-order valence-electron chi connectivity index (χ1n) is 8.66. The molecule has 1 aromatic carbocycles. The first kappa shape index (κ1) is 16.5. The molecule has 2 saturated heterocycles. The number of nitrogens with one attached hydrogen (secondary N) is 1. The van der Waals surface area contributed by atoms with Crippen molar-refractivity contribution in [1.29, 1.82) is 0 Å². The lowest BCUT2D eigenvalue weighted by molar-refractivity contribution is 0.163. The van der Waals surface area contributed by atoms with Gasteiger partial charge in [0, 0.05) is 31.2 Å². The number of nitrogens with zero attached hydrogens (tertiary/aromatic N) is 2. The van der Waals surface area contributed by atoms with Crippen LogP contribution in [-0.2, 0) is 6.54 Å². The summed E-state index contributed by atoms with van der Waals surface area (Å²) in [6, 6.07) is 8.86. The maximum atomic E-state index is 5.59. The number of thiocarbonyl (C=S) groups is 1. The third-order valence-corrected chi connectivity index (χ3v) is 5.43. The summed E-state index contributed by atoms with van der Waals surface area (Å²) < 4.78 is 5.39. The molecule has 0 bridgehead atoms. The number of hydrogen-bond donors (Lipinski definition) is 1. The Hall–Kier alpha value is -1.33. The molecule has 2 fully saturated rings. The van der Waals surface area contributed by atoms with Gasteiger partial charge in [0.05, 0.1) is 7.11 Å². The molecule has 2 aliphatic rings. The highest BCUT2D eigenvalue weighted by molar-refractivity contribution is 7.80. The van der Waals surface area contributed by atoms with E-state index in [4.69, 9.17) is 17.0 Å². The van der Waals surface area contributed by atoms with E-state index in [9.17, 15) is 0 Å². The number of rotatable bonds is 4. The van der Waals surface area contributed by atoms with Crippen LogP contribution in [-0.4, -0.2) is 54.2 Å². The number of para-hydroxylation sites is 1. The summed E-state index contributed by atoms with van der Waals surface area (Å²) in [6.07, 6.45) is 5.21. The van der Waals surface area contributed by atoms with Crippen LogP contribution >= 0.6 is 12.2 Å². The van der Waals surface area contributed by atoms with Gasteiger partial charge < -0.3 is 19.9 Å². The summed E-state index contributed by atoms with van der Waals surface area (Å²) in [5.74, 6) is 0.913. The monoisotopic (exact) mass is 333 g/mol. The second-order valence-electron chi connectivity index (χ2n) is 6.43. The summed E-state index contributed by atoms with van der Waals surface area (Å²) in [5, 5.41) is 4.26. The lowest BCUT2D eigenvalue weighted by atomic mass is 10.0. The zero-order valence-corrected chi connectivity index (χ0v) is 14.8. The molecule has 0 aliphatic carbocycles. The van der Waals surface area contributed by atoms with Gasteiger partial charge in [-0.1, -0.05) is 18.2 Å². The van der Waals surface area contributed by atoms with Crippen LogP contribution in [0, 0.1) is 0 Å². The SMILES string of the molecule is COc1ccccc1CNC(=S)N1CCC(N2CCCC2)CC1. The third-order valence-electron chi connectivity index (χ3n) is 5.03. The molecular weight excluding hydrogens is 306 g/mol. The van der Waals surface area contributed by atoms with Crippen molar-refractivity contribution in [3.63, 3.8) is 0 Å². The molecule has 0 atom stereocenters. The second-order valence-corrected chi connectivity index (χ2v) is 6.82. The zero-order chi connectivity index (χ0) is 16.1. The maximum Gasteiger partial charge on any atom is 0.169 e. The predicted molar refractivity (Wildman–Crippen MR) is 97.8 cm³/mol. The average Bonchev–Trinajstić information content (AvgIpc) is 3.14. The van der Waals surface area contributed by atoms with Gasteiger partial charge in [-0.25, -0.2) is 0 Å². The van der Waals surface area contributed by atoms with E-state index in [1.807, 2.05) is 18.2 Å². The minimum absolute atomic E-state index is 0.717. The van der Waals surface area contributed by atoms with Crippen molar-refractivity contribution in [1.82, 2.24) is 15.1 Å². The first-order valence-corrected chi connectivity index (χ1v) is 9.07. The molecule has 0 unspecified atom stereocenters. The van der Waals surface area contributed by atoms with E-state index in [-0.39, 0.29) is 0 Å². The Morgan fingerprint density at radius 2 is 1.87 bits per heavy atom. The number of likely N-dealkylation sites (tertiary alicyclic amines) is 2. The van der Waals surface area contributed by atoms with Crippen LogP contribution in [0.15, 0.2) is 24.3 Å². The zero-order valence-electron chi connectivity index (χ0n) is 14.0. The lowest BCUT2D eigenvalue weighted by Crippen LogP contribution is -2.48. The Morgan fingerprint density at radius 3 is 2.57 bits per heavy atom. The van der Waals surface area contributed by atoms with E-state index in [1.54, 1.807) is 7.11 Å². The van der Waals surface area contributed by atoms with Crippen LogP contribution in [0.2, 0.25) is 0 Å². The van der Waals surface area contributed by atoms with Crippen LogP contribution in [0.4, 0.5) is 0 Å². The fraction of sp³-hybridized carbons (Fsp3) is 0.611. The first-order chi connectivity index (χ1) is 11.3. The molecule has 3 rings (SSSR count). The molecule has 0 aromatic heterocycles. The van der Waals surface area contributed by atoms with Crippen LogP contribution in [0.3, 0.4) is 0 Å². The third kappa shape index (κ3) is 4.15. The minimum Gasteiger partial charge on any atom is -0.496 e. The van der Waals surface area contributed by atoms with Gasteiger partial charge in [-0.15, -0.1) is 0 Å². The van der Waals surface area contributed by atoms with Crippen molar-refractivity contribution in [2.24, 2.45) is 0 Å². The van der Waals surface area contributed by atoms with Crippen molar-refractivity contribution in [2.45, 2.75) is 38.3 Å². The molecule has 2 heterocycles. The summed E-state index contributed by atoms with van der Waals surface area (Å²) >= 11 is 5.59. The van der Waals surface area contributed by atoms with E-state index in [2.05, 4.69) is 21.2 Å². The van der Waals surface area contributed by atoms with Gasteiger partial charge in [0.15, 0.2) is 5.11 Å². The molecule has 2 aliphatic heterocycles. The number of benzene rings is 1. The molecule has 0 radical (unpaired) electrons. The molecule has 0 saturated carbocycles. The fourth-order valence-electron chi connectivity index (χ4n) is 3.67. The van der Waals surface area contributed by atoms with Gasteiger partial charge in [0.2, 0.25) is 0 Å². The molecule has 0 spiro atoms. The number of piperidine rings is 1. The lowest BCUT2D eigenvalue weighted by Gasteiger charge is -2.37. The highest BCUT2D eigenvalue weighted by Gasteiger charge is 2.27. The summed E-state index contributed by atoms with van der Waals surface area (Å²) in [4.78, 5) is 4.99. The van der Waals surface area contributed by atoms with Crippen LogP contribution in [0.1, 0.15) is 31.2 Å². The van der Waals surface area contributed by atoms with E-state index in [0.717, 1.165) is 42.1 Å². The summed E-state index contributed by atoms with van der Waals surface area (Å²) in [6.45, 7) is 5.44. The summed E-state index contributed by atoms with van der Waals surface area (Å²) in [7, 11) is 1.71. The molecule has 1 aromatic rings. The second kappa shape index (κ2) is 7.97.